The van der Waals surface area contributed by atoms with Gasteiger partial charge in [-0.25, -0.2) is 29.9 Å². The maximum absolute atomic E-state index is 13.4. The molecule has 16 nitrogen and oxygen atoms in total. The summed E-state index contributed by atoms with van der Waals surface area (Å²) < 4.78 is 105. The van der Waals surface area contributed by atoms with Gasteiger partial charge in [-0.3, -0.25) is 5.41 Å². The molecule has 2 aromatic carbocycles. The number of thioether (sulfide) groups is 1. The van der Waals surface area contributed by atoms with Crippen LogP contribution in [0, 0.1) is 11.3 Å². The predicted molar refractivity (Wildman–Crippen MR) is 287 cm³/mol. The first-order chi connectivity index (χ1) is 37.3. The largest absolute Gasteiger partial charge is 1.00 e. The van der Waals surface area contributed by atoms with Crippen LogP contribution in [0.1, 0.15) is 118 Å². The number of hydrogen-bond donors (Lipinski definition) is 2. The molecule has 2 fully saturated rings. The number of amidine groups is 1. The summed E-state index contributed by atoms with van der Waals surface area (Å²) in [7, 11) is 6.21. The van der Waals surface area contributed by atoms with Gasteiger partial charge in [-0.05, 0) is 74.8 Å². The first-order valence-electron chi connectivity index (χ1n) is 25.3. The van der Waals surface area contributed by atoms with Gasteiger partial charge in [0.25, 0.3) is 0 Å². The smallest absolute Gasteiger partial charge is 0.689 e. The summed E-state index contributed by atoms with van der Waals surface area (Å²) in [5, 5.41) is 15.9. The van der Waals surface area contributed by atoms with E-state index in [1.54, 1.807) is 61.3 Å². The van der Waals surface area contributed by atoms with Crippen LogP contribution in [0.4, 0.5) is 26.3 Å². The summed E-state index contributed by atoms with van der Waals surface area (Å²) in [4.78, 5) is 31.0. The van der Waals surface area contributed by atoms with Gasteiger partial charge in [-0.2, -0.15) is 31.3 Å². The van der Waals surface area contributed by atoms with Crippen molar-refractivity contribution in [1.29, 1.82) is 5.41 Å². The van der Waals surface area contributed by atoms with Crippen molar-refractivity contribution in [1.82, 2.24) is 44.4 Å². The molecule has 9 rings (SSSR count). The quantitative estimate of drug-likeness (QED) is 0.0273. The Morgan fingerprint density at radius 2 is 1.46 bits per heavy atom. The number of ether oxygens (including phenoxy) is 4. The molecule has 2 aliphatic carbocycles. The van der Waals surface area contributed by atoms with Crippen LogP contribution < -0.4 is 66.2 Å². The molecule has 1 aliphatic heterocycles. The SMILES string of the molecule is CC.CC[C@@H](C)n1cc(C(F)(F)F)nc1-c1ccc(COC2N=C(c3c(OC)ncnc3C3CC3)NC=C2C)cc1.C[N-]/C(=C(\C(=N)OC)c1ncc(SC)c(OCc2ccc(-c3nc(C(F)(F)F)cn3C)cc2)n1)C1CC1.[K+]. The number of imidazole rings is 2. The van der Waals surface area contributed by atoms with Crippen LogP contribution in [0.5, 0.6) is 11.8 Å². The van der Waals surface area contributed by atoms with Crippen molar-refractivity contribution in [2.45, 2.75) is 115 Å². The number of halogens is 6. The van der Waals surface area contributed by atoms with Gasteiger partial charge < -0.3 is 38.7 Å². The normalized spacial score (nSPS) is 15.8. The molecule has 2 atom stereocenters. The van der Waals surface area contributed by atoms with Crippen LogP contribution in [0.25, 0.3) is 33.7 Å². The minimum absolute atomic E-state index is 0. The van der Waals surface area contributed by atoms with Gasteiger partial charge in [0.2, 0.25) is 17.7 Å². The molecule has 416 valence electrons. The Hall–Kier alpha value is -5.63. The van der Waals surface area contributed by atoms with Crippen molar-refractivity contribution in [3.63, 3.8) is 0 Å². The van der Waals surface area contributed by atoms with Gasteiger partial charge in [-0.15, -0.1) is 24.5 Å². The predicted octanol–water partition coefficient (Wildman–Crippen LogP) is 9.99. The average molecular weight is 1140 g/mol. The Balaban J connectivity index is 0.000000245. The maximum atomic E-state index is 13.4. The number of allylic oxidation sites excluding steroid dienone is 1. The molecule has 2 saturated carbocycles. The van der Waals surface area contributed by atoms with E-state index in [2.05, 4.69) is 40.5 Å². The summed E-state index contributed by atoms with van der Waals surface area (Å²) in [6, 6.07) is 14.0. The second kappa shape index (κ2) is 27.7. The van der Waals surface area contributed by atoms with Crippen LogP contribution in [0.15, 0.2) is 101 Å². The minimum atomic E-state index is -4.50. The number of aryl methyl sites for hydroxylation is 1. The number of nitrogens with zero attached hydrogens (tertiary/aromatic N) is 10. The molecule has 0 saturated heterocycles. The van der Waals surface area contributed by atoms with E-state index in [4.69, 9.17) is 29.3 Å². The molecule has 79 heavy (non-hydrogen) atoms. The zero-order valence-electron chi connectivity index (χ0n) is 46.0. The van der Waals surface area contributed by atoms with Crippen molar-refractivity contribution in [2.24, 2.45) is 18.0 Å². The van der Waals surface area contributed by atoms with Gasteiger partial charge in [0, 0.05) is 54.9 Å². The Labute approximate surface area is 502 Å². The third kappa shape index (κ3) is 15.4. The Morgan fingerprint density at radius 1 is 0.848 bits per heavy atom. The van der Waals surface area contributed by atoms with Crippen LogP contribution >= 0.6 is 11.8 Å². The first-order valence-corrected chi connectivity index (χ1v) is 26.6. The van der Waals surface area contributed by atoms with E-state index < -0.39 is 30.0 Å². The van der Waals surface area contributed by atoms with E-state index in [-0.39, 0.29) is 88.3 Å². The molecule has 0 amide bonds. The van der Waals surface area contributed by atoms with Crippen molar-refractivity contribution < 1.29 is 96.7 Å². The van der Waals surface area contributed by atoms with E-state index >= 15 is 0 Å². The fourth-order valence-electron chi connectivity index (χ4n) is 8.22. The van der Waals surface area contributed by atoms with E-state index in [1.807, 2.05) is 59.2 Å². The van der Waals surface area contributed by atoms with E-state index in [0.29, 0.717) is 58.3 Å². The second-order valence-electron chi connectivity index (χ2n) is 18.3. The van der Waals surface area contributed by atoms with Crippen LogP contribution in [-0.4, -0.2) is 84.5 Å². The van der Waals surface area contributed by atoms with E-state index in [0.717, 1.165) is 76.6 Å². The van der Waals surface area contributed by atoms with Crippen LogP contribution in [-0.2, 0) is 42.1 Å². The topological polar surface area (TPSA) is 186 Å². The third-order valence-corrected chi connectivity index (χ3v) is 13.5. The molecule has 0 radical (unpaired) electrons. The zero-order chi connectivity index (χ0) is 56.5. The minimum Gasteiger partial charge on any atom is -0.689 e. The van der Waals surface area contributed by atoms with E-state index in [9.17, 15) is 26.3 Å². The van der Waals surface area contributed by atoms with Gasteiger partial charge >= 0.3 is 63.7 Å². The van der Waals surface area contributed by atoms with Gasteiger partial charge in [0.1, 0.15) is 36.0 Å². The molecule has 6 aromatic rings. The molecule has 3 aliphatic rings. The summed E-state index contributed by atoms with van der Waals surface area (Å²) in [6.45, 7) is 10.2. The van der Waals surface area contributed by atoms with Crippen molar-refractivity contribution in [3.05, 3.63) is 136 Å². The van der Waals surface area contributed by atoms with Crippen LogP contribution in [0.3, 0.4) is 0 Å². The fourth-order valence-corrected chi connectivity index (χ4v) is 8.66. The molecule has 0 spiro atoms. The van der Waals surface area contributed by atoms with E-state index in [1.165, 1.54) is 36.8 Å². The molecule has 1 unspecified atom stereocenters. The first kappa shape index (κ1) is 62.6. The van der Waals surface area contributed by atoms with Gasteiger partial charge in [0.15, 0.2) is 23.4 Å². The van der Waals surface area contributed by atoms with Crippen LogP contribution in [0.2, 0.25) is 0 Å². The third-order valence-electron chi connectivity index (χ3n) is 12.8. The molecule has 0 bridgehead atoms. The molecule has 4 aromatic heterocycles. The number of aromatic nitrogens is 8. The number of alkyl halides is 6. The number of methoxy groups -OCH3 is 2. The number of nitrogens with one attached hydrogen (secondary N) is 2. The summed E-state index contributed by atoms with van der Waals surface area (Å²) in [5.74, 6) is 2.79. The fraction of sp³-hybridized carbons (Fsp3) is 0.418. The monoisotopic (exact) mass is 1140 g/mol. The standard InChI is InChI=1S/C28H31F3N6O2.C25H26F3N6O2S.C2H6.K/c1-5-17(3)37-13-21(28(29,30)31)35-25(37)20-8-6-18(7-9-20)14-39-26-16(2)12-32-24(36-26)22-23(19-10-11-19)33-15-34-27(22)38-4;1-30-20(15-9-10-15)19(21(29)35-3)22-31-11-17(37-4)24(33-22)36-13-14-5-7-16(8-6-14)23-32-18(12-34(23)2)25(26,27)28;1-2;/h6-9,12-13,15,17,19,26H,5,10-11,14H2,1-4H3,(H,32,36);5-8,11-12,15,29H,9-10,13H2,1-4H3;1-2H3;/q;-1;;+1/b;20-19+,29-21?;;/t17-,26?;;;/m1.../s1. The summed E-state index contributed by atoms with van der Waals surface area (Å²) in [5.41, 5.74) is 4.75. The summed E-state index contributed by atoms with van der Waals surface area (Å²) >= 11 is 1.43. The number of hydrogen-bond acceptors (Lipinski definition) is 14. The molecule has 5 heterocycles. The Morgan fingerprint density at radius 3 is 2.00 bits per heavy atom. The molecular weight excluding hydrogens is 1080 g/mol. The summed E-state index contributed by atoms with van der Waals surface area (Å²) in [6.07, 6.45) is 4.21. The number of aliphatic imine (C=N–C) groups is 1. The maximum Gasteiger partial charge on any atom is 1.00 e. The van der Waals surface area contributed by atoms with Gasteiger partial charge in [-0.1, -0.05) is 69.3 Å². The van der Waals surface area contributed by atoms with Crippen molar-refractivity contribution in [3.8, 4) is 34.5 Å². The number of rotatable bonds is 18. The molecule has 2 N–H and O–H groups in total. The van der Waals surface area contributed by atoms with Crippen molar-refractivity contribution >= 4 is 29.1 Å². The Kier molecular flexibility index (Phi) is 21.9. The second-order valence-corrected chi connectivity index (χ2v) is 19.2. The Bertz CT molecular complexity index is 3140. The molecular formula is C55H63F6KN12O4S. The number of benzene rings is 2. The van der Waals surface area contributed by atoms with Crippen molar-refractivity contribution in [2.75, 3.05) is 27.5 Å². The molecule has 24 heteroatoms. The van der Waals surface area contributed by atoms with Gasteiger partial charge in [0.05, 0.1) is 37.0 Å². The average Bonchev–Trinajstić information content (AvgIpc) is 4.43. The zero-order valence-corrected chi connectivity index (χ0v) is 50.0.